The number of carbonyl (C=O) groups excluding carboxylic acids is 1. The molecular formula is C14H20N2O4S. The van der Waals surface area contributed by atoms with Crippen LogP contribution in [-0.4, -0.2) is 37.8 Å². The van der Waals surface area contributed by atoms with Crippen LogP contribution < -0.4 is 11.1 Å². The summed E-state index contributed by atoms with van der Waals surface area (Å²) in [5, 5.41) is 12.8. The Morgan fingerprint density at radius 1 is 1.33 bits per heavy atom. The van der Waals surface area contributed by atoms with Crippen molar-refractivity contribution in [3.05, 3.63) is 23.8 Å². The lowest BCUT2D eigenvalue weighted by atomic mass is 10.0. The molecule has 6 nitrogen and oxygen atoms in total. The van der Waals surface area contributed by atoms with E-state index in [4.69, 9.17) is 5.73 Å². The van der Waals surface area contributed by atoms with Gasteiger partial charge in [-0.1, -0.05) is 12.8 Å². The second-order valence-electron chi connectivity index (χ2n) is 5.68. The average molecular weight is 312 g/mol. The first-order valence-electron chi connectivity index (χ1n) is 6.81. The van der Waals surface area contributed by atoms with E-state index in [2.05, 4.69) is 5.32 Å². The van der Waals surface area contributed by atoms with Crippen molar-refractivity contribution in [2.75, 3.05) is 18.5 Å². The molecule has 1 aliphatic carbocycles. The third-order valence-electron chi connectivity index (χ3n) is 3.73. The van der Waals surface area contributed by atoms with E-state index in [-0.39, 0.29) is 22.7 Å². The maximum Gasteiger partial charge on any atom is 0.251 e. The fourth-order valence-corrected chi connectivity index (χ4v) is 3.22. The molecule has 0 radical (unpaired) electrons. The van der Waals surface area contributed by atoms with Gasteiger partial charge in [0, 0.05) is 24.1 Å². The fraction of sp³-hybridized carbons (Fsp3) is 0.500. The van der Waals surface area contributed by atoms with Crippen LogP contribution in [0.3, 0.4) is 0 Å². The smallest absolute Gasteiger partial charge is 0.251 e. The molecule has 0 aromatic heterocycles. The Balaban J connectivity index is 2.14. The Labute approximate surface area is 124 Å². The van der Waals surface area contributed by atoms with Gasteiger partial charge < -0.3 is 16.2 Å². The third-order valence-corrected chi connectivity index (χ3v) is 4.82. The van der Waals surface area contributed by atoms with Gasteiger partial charge in [-0.2, -0.15) is 0 Å². The van der Waals surface area contributed by atoms with Gasteiger partial charge in [0.1, 0.15) is 0 Å². The normalized spacial score (nSPS) is 17.6. The molecule has 0 saturated heterocycles. The van der Waals surface area contributed by atoms with E-state index >= 15 is 0 Å². The minimum atomic E-state index is -3.43. The number of nitrogens with one attached hydrogen (secondary N) is 1. The predicted molar refractivity (Wildman–Crippen MR) is 79.7 cm³/mol. The highest BCUT2D eigenvalue weighted by Gasteiger charge is 2.31. The number of aliphatic hydroxyl groups is 1. The largest absolute Gasteiger partial charge is 0.399 e. The Bertz CT molecular complexity index is 649. The maximum atomic E-state index is 12.1. The van der Waals surface area contributed by atoms with Gasteiger partial charge in [0.2, 0.25) is 0 Å². The molecule has 0 spiro atoms. The summed E-state index contributed by atoms with van der Waals surface area (Å²) in [7, 11) is -3.43. The van der Waals surface area contributed by atoms with E-state index in [1.165, 1.54) is 18.2 Å². The molecule has 1 saturated carbocycles. The van der Waals surface area contributed by atoms with Crippen LogP contribution in [0.15, 0.2) is 23.1 Å². The number of carbonyl (C=O) groups is 1. The number of nitrogens with two attached hydrogens (primary N) is 1. The first kappa shape index (κ1) is 15.8. The van der Waals surface area contributed by atoms with Crippen molar-refractivity contribution in [2.45, 2.75) is 36.2 Å². The molecule has 7 heteroatoms. The number of benzene rings is 1. The minimum Gasteiger partial charge on any atom is -0.399 e. The van der Waals surface area contributed by atoms with Crippen LogP contribution in [0.25, 0.3) is 0 Å². The number of rotatable bonds is 4. The Hall–Kier alpha value is -1.60. The van der Waals surface area contributed by atoms with Crippen molar-refractivity contribution >= 4 is 21.4 Å². The zero-order valence-electron chi connectivity index (χ0n) is 11.9. The first-order chi connectivity index (χ1) is 9.70. The quantitative estimate of drug-likeness (QED) is 0.709. The van der Waals surface area contributed by atoms with Crippen LogP contribution >= 0.6 is 0 Å². The molecule has 1 aromatic rings. The molecule has 1 amide bonds. The summed E-state index contributed by atoms with van der Waals surface area (Å²) in [6.45, 7) is 0.162. The van der Waals surface area contributed by atoms with Gasteiger partial charge in [0.15, 0.2) is 9.84 Å². The number of amides is 1. The molecule has 0 atom stereocenters. The summed E-state index contributed by atoms with van der Waals surface area (Å²) < 4.78 is 23.1. The SMILES string of the molecule is CS(=O)(=O)c1cc(N)cc(C(=O)NCC2(O)CCCC2)c1. The van der Waals surface area contributed by atoms with Gasteiger partial charge in [-0.3, -0.25) is 4.79 Å². The summed E-state index contributed by atoms with van der Waals surface area (Å²) in [6.07, 6.45) is 4.29. The van der Waals surface area contributed by atoms with Gasteiger partial charge in [0.25, 0.3) is 5.91 Å². The summed E-state index contributed by atoms with van der Waals surface area (Å²) in [6, 6.07) is 4.03. The van der Waals surface area contributed by atoms with Gasteiger partial charge in [-0.25, -0.2) is 8.42 Å². The van der Waals surface area contributed by atoms with E-state index in [9.17, 15) is 18.3 Å². The summed E-state index contributed by atoms with van der Waals surface area (Å²) in [5.41, 5.74) is 5.18. The van der Waals surface area contributed by atoms with Crippen molar-refractivity contribution in [2.24, 2.45) is 0 Å². The second kappa shape index (κ2) is 5.65. The fourth-order valence-electron chi connectivity index (χ4n) is 2.52. The standard InChI is InChI=1S/C14H20N2O4S/c1-21(19,20)12-7-10(6-11(15)8-12)13(17)16-9-14(18)4-2-3-5-14/h6-8,18H,2-5,9,15H2,1H3,(H,16,17). The van der Waals surface area contributed by atoms with Crippen LogP contribution in [-0.2, 0) is 9.84 Å². The lowest BCUT2D eigenvalue weighted by Gasteiger charge is -2.22. The molecular weight excluding hydrogens is 292 g/mol. The number of hydrogen-bond donors (Lipinski definition) is 3. The van der Waals surface area contributed by atoms with Crippen molar-refractivity contribution < 1.29 is 18.3 Å². The number of hydrogen-bond acceptors (Lipinski definition) is 5. The van der Waals surface area contributed by atoms with E-state index < -0.39 is 21.3 Å². The van der Waals surface area contributed by atoms with Gasteiger partial charge in [0.05, 0.1) is 10.5 Å². The van der Waals surface area contributed by atoms with E-state index in [1.807, 2.05) is 0 Å². The molecule has 0 bridgehead atoms. The zero-order valence-corrected chi connectivity index (χ0v) is 12.7. The topological polar surface area (TPSA) is 109 Å². The number of anilines is 1. The highest BCUT2D eigenvalue weighted by atomic mass is 32.2. The molecule has 0 unspecified atom stereocenters. The Morgan fingerprint density at radius 2 is 1.95 bits per heavy atom. The lowest BCUT2D eigenvalue weighted by molar-refractivity contribution is 0.0449. The highest BCUT2D eigenvalue weighted by Crippen LogP contribution is 2.28. The van der Waals surface area contributed by atoms with Crippen LogP contribution in [0, 0.1) is 0 Å². The predicted octanol–water partition coefficient (Wildman–Crippen LogP) is 0.707. The highest BCUT2D eigenvalue weighted by molar-refractivity contribution is 7.90. The van der Waals surface area contributed by atoms with Crippen molar-refractivity contribution in [1.29, 1.82) is 0 Å². The summed E-state index contributed by atoms with van der Waals surface area (Å²) in [5.74, 6) is -0.437. The van der Waals surface area contributed by atoms with Gasteiger partial charge >= 0.3 is 0 Å². The van der Waals surface area contributed by atoms with Gasteiger partial charge in [-0.15, -0.1) is 0 Å². The lowest BCUT2D eigenvalue weighted by Crippen LogP contribution is -2.40. The van der Waals surface area contributed by atoms with E-state index in [0.29, 0.717) is 12.8 Å². The Morgan fingerprint density at radius 3 is 2.52 bits per heavy atom. The molecule has 4 N–H and O–H groups in total. The molecule has 1 aliphatic rings. The number of nitrogen functional groups attached to an aromatic ring is 1. The van der Waals surface area contributed by atoms with Crippen molar-refractivity contribution in [3.63, 3.8) is 0 Å². The van der Waals surface area contributed by atoms with E-state index in [1.54, 1.807) is 0 Å². The zero-order chi connectivity index (χ0) is 15.7. The third kappa shape index (κ3) is 3.95. The number of sulfone groups is 1. The first-order valence-corrected chi connectivity index (χ1v) is 8.70. The molecule has 0 heterocycles. The Kier molecular flexibility index (Phi) is 4.25. The molecule has 21 heavy (non-hydrogen) atoms. The molecule has 2 rings (SSSR count). The van der Waals surface area contributed by atoms with E-state index in [0.717, 1.165) is 19.1 Å². The summed E-state index contributed by atoms with van der Waals surface area (Å²) >= 11 is 0. The maximum absolute atomic E-state index is 12.1. The molecule has 116 valence electrons. The van der Waals surface area contributed by atoms with Crippen LogP contribution in [0.5, 0.6) is 0 Å². The average Bonchev–Trinajstić information content (AvgIpc) is 2.82. The summed E-state index contributed by atoms with van der Waals surface area (Å²) in [4.78, 5) is 12.1. The van der Waals surface area contributed by atoms with Crippen LogP contribution in [0.2, 0.25) is 0 Å². The van der Waals surface area contributed by atoms with Crippen LogP contribution in [0.4, 0.5) is 5.69 Å². The van der Waals surface area contributed by atoms with Crippen LogP contribution in [0.1, 0.15) is 36.0 Å². The molecule has 0 aliphatic heterocycles. The van der Waals surface area contributed by atoms with Crippen molar-refractivity contribution in [3.8, 4) is 0 Å². The second-order valence-corrected chi connectivity index (χ2v) is 7.69. The van der Waals surface area contributed by atoms with Crippen molar-refractivity contribution in [1.82, 2.24) is 5.32 Å². The molecule has 1 aromatic carbocycles. The monoisotopic (exact) mass is 312 g/mol. The minimum absolute atomic E-state index is 0.00669. The molecule has 1 fully saturated rings. The van der Waals surface area contributed by atoms with Gasteiger partial charge in [-0.05, 0) is 31.0 Å².